The van der Waals surface area contributed by atoms with Crippen LogP contribution in [0, 0.1) is 6.92 Å². The fourth-order valence-corrected chi connectivity index (χ4v) is 2.50. The minimum Gasteiger partial charge on any atom is -0.399 e. The first-order chi connectivity index (χ1) is 8.95. The van der Waals surface area contributed by atoms with Crippen molar-refractivity contribution < 1.29 is 4.79 Å². The average molecular weight is 276 g/mol. The highest BCUT2D eigenvalue weighted by Gasteiger charge is 2.14. The van der Waals surface area contributed by atoms with Crippen LogP contribution in [0.2, 0.25) is 0 Å². The molecule has 6 heteroatoms. The molecule has 5 N–H and O–H groups in total. The van der Waals surface area contributed by atoms with E-state index in [0.29, 0.717) is 16.9 Å². The van der Waals surface area contributed by atoms with Crippen LogP contribution in [0.3, 0.4) is 0 Å². The van der Waals surface area contributed by atoms with Crippen LogP contribution in [-0.4, -0.2) is 10.9 Å². The topological polar surface area (TPSA) is 94.0 Å². The molecule has 1 amide bonds. The highest BCUT2D eigenvalue weighted by molar-refractivity contribution is 7.11. The van der Waals surface area contributed by atoms with E-state index in [9.17, 15) is 4.79 Å². The Morgan fingerprint density at radius 2 is 1.95 bits per heavy atom. The van der Waals surface area contributed by atoms with Crippen molar-refractivity contribution in [3.05, 3.63) is 39.8 Å². The Hall–Kier alpha value is -2.08. The van der Waals surface area contributed by atoms with E-state index in [4.69, 9.17) is 11.5 Å². The fourth-order valence-electron chi connectivity index (χ4n) is 1.72. The second-order valence-corrected chi connectivity index (χ2v) is 5.66. The monoisotopic (exact) mass is 276 g/mol. The highest BCUT2D eigenvalue weighted by atomic mass is 32.1. The molecule has 2 rings (SSSR count). The minimum absolute atomic E-state index is 0.145. The maximum Gasteiger partial charge on any atom is 0.251 e. The minimum atomic E-state index is -0.209. The summed E-state index contributed by atoms with van der Waals surface area (Å²) in [5, 5.41) is 3.76. The Bertz CT molecular complexity index is 588. The van der Waals surface area contributed by atoms with Crippen molar-refractivity contribution in [1.82, 2.24) is 10.3 Å². The van der Waals surface area contributed by atoms with Crippen LogP contribution in [0.5, 0.6) is 0 Å². The maximum atomic E-state index is 12.1. The van der Waals surface area contributed by atoms with Gasteiger partial charge >= 0.3 is 0 Å². The van der Waals surface area contributed by atoms with Gasteiger partial charge in [-0.05, 0) is 32.0 Å². The summed E-state index contributed by atoms with van der Waals surface area (Å²) >= 11 is 1.56. The molecule has 0 radical (unpaired) electrons. The van der Waals surface area contributed by atoms with Crippen LogP contribution < -0.4 is 16.8 Å². The number of aromatic nitrogens is 1. The van der Waals surface area contributed by atoms with E-state index in [-0.39, 0.29) is 11.9 Å². The summed E-state index contributed by atoms with van der Waals surface area (Å²) in [6, 6.07) is 4.68. The summed E-state index contributed by atoms with van der Waals surface area (Å²) < 4.78 is 0. The van der Waals surface area contributed by atoms with Gasteiger partial charge in [-0.15, -0.1) is 11.3 Å². The number of carbonyl (C=O) groups excluding carboxylic acids is 1. The molecular weight excluding hydrogens is 260 g/mol. The number of rotatable bonds is 3. The average Bonchev–Trinajstić information content (AvgIpc) is 2.74. The van der Waals surface area contributed by atoms with E-state index in [2.05, 4.69) is 10.3 Å². The molecule has 0 bridgehead atoms. The van der Waals surface area contributed by atoms with Gasteiger partial charge in [-0.3, -0.25) is 4.79 Å². The number of nitrogens with zero attached hydrogens (tertiary/aromatic N) is 1. The lowest BCUT2D eigenvalue weighted by Gasteiger charge is -2.12. The summed E-state index contributed by atoms with van der Waals surface area (Å²) in [6.07, 6.45) is 1.79. The van der Waals surface area contributed by atoms with Crippen LogP contribution in [0.15, 0.2) is 24.4 Å². The molecule has 0 aliphatic carbocycles. The second kappa shape index (κ2) is 5.27. The lowest BCUT2D eigenvalue weighted by molar-refractivity contribution is 0.0940. The number of carbonyl (C=O) groups is 1. The molecule has 1 atom stereocenters. The van der Waals surface area contributed by atoms with Crippen molar-refractivity contribution in [1.29, 1.82) is 0 Å². The summed E-state index contributed by atoms with van der Waals surface area (Å²) in [7, 11) is 0. The number of hydrogen-bond donors (Lipinski definition) is 3. The third kappa shape index (κ3) is 3.23. The maximum absolute atomic E-state index is 12.1. The van der Waals surface area contributed by atoms with E-state index >= 15 is 0 Å². The van der Waals surface area contributed by atoms with Crippen molar-refractivity contribution in [2.45, 2.75) is 19.9 Å². The molecule has 0 spiro atoms. The zero-order valence-corrected chi connectivity index (χ0v) is 11.6. The summed E-state index contributed by atoms with van der Waals surface area (Å²) in [5.74, 6) is -0.209. The molecule has 0 saturated heterocycles. The smallest absolute Gasteiger partial charge is 0.251 e. The zero-order chi connectivity index (χ0) is 14.0. The Morgan fingerprint density at radius 1 is 1.32 bits per heavy atom. The normalized spacial score (nSPS) is 12.1. The first-order valence-electron chi connectivity index (χ1n) is 5.85. The standard InChI is InChI=1S/C13H16N4OS/c1-7-6-16-13(19-7)8(2)17-12(18)9-3-10(14)5-11(15)4-9/h3-6,8H,14-15H2,1-2H3,(H,17,18). The van der Waals surface area contributed by atoms with E-state index in [0.717, 1.165) is 9.88 Å². The van der Waals surface area contributed by atoms with Crippen molar-refractivity contribution in [3.8, 4) is 0 Å². The Balaban J connectivity index is 2.12. The second-order valence-electron chi connectivity index (χ2n) is 4.39. The number of thiazole rings is 1. The Kier molecular flexibility index (Phi) is 3.71. The molecule has 5 nitrogen and oxygen atoms in total. The fraction of sp³-hybridized carbons (Fsp3) is 0.231. The third-order valence-electron chi connectivity index (χ3n) is 2.60. The van der Waals surface area contributed by atoms with Crippen LogP contribution in [0.25, 0.3) is 0 Å². The molecule has 1 aromatic carbocycles. The van der Waals surface area contributed by atoms with Gasteiger partial charge in [0.05, 0.1) is 6.04 Å². The summed E-state index contributed by atoms with van der Waals surface area (Å²) in [5.41, 5.74) is 12.8. The van der Waals surface area contributed by atoms with E-state index in [1.165, 1.54) is 0 Å². The Labute approximate surface area is 115 Å². The van der Waals surface area contributed by atoms with Crippen molar-refractivity contribution in [2.75, 3.05) is 11.5 Å². The number of anilines is 2. The number of nitrogen functional groups attached to an aromatic ring is 2. The molecule has 0 aliphatic rings. The molecule has 1 aromatic heterocycles. The van der Waals surface area contributed by atoms with Gasteiger partial charge in [0.15, 0.2) is 0 Å². The van der Waals surface area contributed by atoms with Gasteiger partial charge in [0, 0.05) is 28.0 Å². The van der Waals surface area contributed by atoms with Crippen LogP contribution in [-0.2, 0) is 0 Å². The van der Waals surface area contributed by atoms with Crippen LogP contribution in [0.4, 0.5) is 11.4 Å². The van der Waals surface area contributed by atoms with E-state index < -0.39 is 0 Å². The molecular formula is C13H16N4OS. The van der Waals surface area contributed by atoms with Crippen molar-refractivity contribution >= 4 is 28.6 Å². The van der Waals surface area contributed by atoms with Crippen LogP contribution in [0.1, 0.15) is 33.2 Å². The predicted octanol–water partition coefficient (Wildman–Crippen LogP) is 2.11. The number of hydrogen-bond acceptors (Lipinski definition) is 5. The zero-order valence-electron chi connectivity index (χ0n) is 10.8. The number of aryl methyl sites for hydroxylation is 1. The van der Waals surface area contributed by atoms with E-state index in [1.807, 2.05) is 13.8 Å². The SMILES string of the molecule is Cc1cnc(C(C)NC(=O)c2cc(N)cc(N)c2)s1. The number of nitrogens with one attached hydrogen (secondary N) is 1. The molecule has 1 heterocycles. The van der Waals surface area contributed by atoms with Crippen molar-refractivity contribution in [2.24, 2.45) is 0 Å². The molecule has 2 aromatic rings. The van der Waals surface area contributed by atoms with Gasteiger partial charge in [0.2, 0.25) is 0 Å². The molecule has 1 unspecified atom stereocenters. The lowest BCUT2D eigenvalue weighted by atomic mass is 10.1. The van der Waals surface area contributed by atoms with Crippen LogP contribution >= 0.6 is 11.3 Å². The molecule has 19 heavy (non-hydrogen) atoms. The number of nitrogens with two attached hydrogens (primary N) is 2. The molecule has 0 fully saturated rings. The largest absolute Gasteiger partial charge is 0.399 e. The van der Waals surface area contributed by atoms with Gasteiger partial charge in [-0.1, -0.05) is 0 Å². The van der Waals surface area contributed by atoms with Gasteiger partial charge in [-0.25, -0.2) is 4.98 Å². The van der Waals surface area contributed by atoms with Gasteiger partial charge in [0.1, 0.15) is 5.01 Å². The predicted molar refractivity (Wildman–Crippen MR) is 78.0 cm³/mol. The highest BCUT2D eigenvalue weighted by Crippen LogP contribution is 2.20. The first kappa shape index (κ1) is 13.4. The third-order valence-corrected chi connectivity index (χ3v) is 3.69. The molecule has 0 saturated carbocycles. The first-order valence-corrected chi connectivity index (χ1v) is 6.66. The van der Waals surface area contributed by atoms with E-state index in [1.54, 1.807) is 35.7 Å². The number of benzene rings is 1. The lowest BCUT2D eigenvalue weighted by Crippen LogP contribution is -2.26. The molecule has 100 valence electrons. The van der Waals surface area contributed by atoms with Gasteiger partial charge in [0.25, 0.3) is 5.91 Å². The summed E-state index contributed by atoms with van der Waals surface area (Å²) in [6.45, 7) is 3.88. The molecule has 0 aliphatic heterocycles. The number of amides is 1. The van der Waals surface area contributed by atoms with Gasteiger partial charge in [-0.2, -0.15) is 0 Å². The Morgan fingerprint density at radius 3 is 2.47 bits per heavy atom. The van der Waals surface area contributed by atoms with Gasteiger partial charge < -0.3 is 16.8 Å². The van der Waals surface area contributed by atoms with Crippen molar-refractivity contribution in [3.63, 3.8) is 0 Å². The summed E-state index contributed by atoms with van der Waals surface area (Å²) in [4.78, 5) is 17.5. The quantitative estimate of drug-likeness (QED) is 0.748.